The lowest BCUT2D eigenvalue weighted by atomic mass is 10.2. The maximum atomic E-state index is 12.6. The normalized spacial score (nSPS) is 15.0. The fourth-order valence-electron chi connectivity index (χ4n) is 2.82. The first kappa shape index (κ1) is 21.9. The number of carbonyl (C=O) groups is 3. The van der Waals surface area contributed by atoms with Gasteiger partial charge in [0.1, 0.15) is 0 Å². The van der Waals surface area contributed by atoms with Crippen molar-refractivity contribution in [2.75, 3.05) is 26.8 Å². The van der Waals surface area contributed by atoms with E-state index >= 15 is 0 Å². The molecule has 1 fully saturated rings. The van der Waals surface area contributed by atoms with Crippen LogP contribution in [0, 0.1) is 6.92 Å². The molecule has 1 N–H and O–H groups in total. The highest BCUT2D eigenvalue weighted by atomic mass is 32.2. The Hall–Kier alpha value is -2.78. The standard InChI is InChI=1S/C21H22N2O5S2/c1-4-28-15-7-6-14(11-16(15)27-3)12-18-20(25)23(21(26)30-18)10-9-22-19(24)17-8-5-13(2)29-17/h5-8,11-12H,4,9-10H2,1-3H3,(H,22,24)/b18-12-. The van der Waals surface area contributed by atoms with Crippen molar-refractivity contribution in [1.29, 1.82) is 0 Å². The summed E-state index contributed by atoms with van der Waals surface area (Å²) in [7, 11) is 1.54. The van der Waals surface area contributed by atoms with Crippen molar-refractivity contribution in [3.63, 3.8) is 0 Å². The molecule has 0 unspecified atom stereocenters. The van der Waals surface area contributed by atoms with E-state index in [2.05, 4.69) is 5.32 Å². The quantitative estimate of drug-likeness (QED) is 0.619. The first-order chi connectivity index (χ1) is 14.4. The average Bonchev–Trinajstić information content (AvgIpc) is 3.27. The van der Waals surface area contributed by atoms with Crippen LogP contribution in [0.25, 0.3) is 6.08 Å². The highest BCUT2D eigenvalue weighted by Crippen LogP contribution is 2.34. The molecule has 9 heteroatoms. The highest BCUT2D eigenvalue weighted by Gasteiger charge is 2.34. The Labute approximate surface area is 183 Å². The van der Waals surface area contributed by atoms with Gasteiger partial charge >= 0.3 is 0 Å². The van der Waals surface area contributed by atoms with Gasteiger partial charge in [0, 0.05) is 18.0 Å². The number of hydrogen-bond acceptors (Lipinski definition) is 7. The maximum Gasteiger partial charge on any atom is 0.293 e. The number of methoxy groups -OCH3 is 1. The summed E-state index contributed by atoms with van der Waals surface area (Å²) in [5.41, 5.74) is 0.724. The zero-order valence-corrected chi connectivity index (χ0v) is 18.5. The van der Waals surface area contributed by atoms with Crippen LogP contribution in [0.1, 0.15) is 27.0 Å². The van der Waals surface area contributed by atoms with Gasteiger partial charge in [-0.15, -0.1) is 11.3 Å². The van der Waals surface area contributed by atoms with Crippen LogP contribution in [0.15, 0.2) is 35.2 Å². The number of benzene rings is 1. The average molecular weight is 447 g/mol. The molecule has 30 heavy (non-hydrogen) atoms. The second-order valence-electron chi connectivity index (χ2n) is 6.34. The topological polar surface area (TPSA) is 84.9 Å². The molecule has 158 valence electrons. The van der Waals surface area contributed by atoms with Gasteiger partial charge in [0.2, 0.25) is 0 Å². The minimum atomic E-state index is -0.376. The monoisotopic (exact) mass is 446 g/mol. The van der Waals surface area contributed by atoms with Crippen molar-refractivity contribution >= 4 is 46.2 Å². The Bertz CT molecular complexity index is 999. The first-order valence-electron chi connectivity index (χ1n) is 9.33. The maximum absolute atomic E-state index is 12.6. The molecule has 1 aliphatic heterocycles. The first-order valence-corrected chi connectivity index (χ1v) is 11.0. The molecule has 3 rings (SSSR count). The van der Waals surface area contributed by atoms with E-state index in [1.807, 2.05) is 19.9 Å². The molecule has 0 saturated carbocycles. The van der Waals surface area contributed by atoms with Crippen LogP contribution >= 0.6 is 23.1 Å². The Balaban J connectivity index is 1.63. The second-order valence-corrected chi connectivity index (χ2v) is 8.62. The summed E-state index contributed by atoms with van der Waals surface area (Å²) >= 11 is 2.28. The molecule has 0 spiro atoms. The molecule has 0 atom stereocenters. The lowest BCUT2D eigenvalue weighted by Crippen LogP contribution is -2.37. The fourth-order valence-corrected chi connectivity index (χ4v) is 4.47. The lowest BCUT2D eigenvalue weighted by molar-refractivity contribution is -0.122. The van der Waals surface area contributed by atoms with Gasteiger partial charge in [-0.25, -0.2) is 0 Å². The van der Waals surface area contributed by atoms with Crippen LogP contribution in [0.5, 0.6) is 11.5 Å². The predicted molar refractivity (Wildman–Crippen MR) is 118 cm³/mol. The third kappa shape index (κ3) is 5.03. The molecule has 1 saturated heterocycles. The minimum Gasteiger partial charge on any atom is -0.493 e. The Morgan fingerprint density at radius 1 is 1.20 bits per heavy atom. The highest BCUT2D eigenvalue weighted by molar-refractivity contribution is 8.18. The molecule has 1 aliphatic rings. The number of nitrogens with zero attached hydrogens (tertiary/aromatic N) is 1. The van der Waals surface area contributed by atoms with E-state index in [0.29, 0.717) is 27.9 Å². The lowest BCUT2D eigenvalue weighted by Gasteiger charge is -2.12. The number of imide groups is 1. The molecule has 1 aromatic carbocycles. The van der Waals surface area contributed by atoms with Crippen molar-refractivity contribution in [1.82, 2.24) is 10.2 Å². The fraction of sp³-hybridized carbons (Fsp3) is 0.286. The van der Waals surface area contributed by atoms with Gasteiger partial charge < -0.3 is 14.8 Å². The van der Waals surface area contributed by atoms with Crippen molar-refractivity contribution in [3.8, 4) is 11.5 Å². The molecule has 0 radical (unpaired) electrons. The minimum absolute atomic E-state index is 0.116. The van der Waals surface area contributed by atoms with Crippen LogP contribution < -0.4 is 14.8 Å². The number of thiophene rings is 1. The molecule has 0 aliphatic carbocycles. The van der Waals surface area contributed by atoms with Crippen LogP contribution in [0.2, 0.25) is 0 Å². The van der Waals surface area contributed by atoms with Crippen LogP contribution in [-0.2, 0) is 4.79 Å². The number of thioether (sulfide) groups is 1. The predicted octanol–water partition coefficient (Wildman–Crippen LogP) is 3.93. The second kappa shape index (κ2) is 9.82. The summed E-state index contributed by atoms with van der Waals surface area (Å²) in [5.74, 6) is 0.578. The number of ether oxygens (including phenoxy) is 2. The zero-order chi connectivity index (χ0) is 21.7. The van der Waals surface area contributed by atoms with Gasteiger partial charge in [-0.05, 0) is 61.5 Å². The van der Waals surface area contributed by atoms with Gasteiger partial charge in [-0.1, -0.05) is 6.07 Å². The van der Waals surface area contributed by atoms with Crippen LogP contribution in [-0.4, -0.2) is 48.8 Å². The largest absolute Gasteiger partial charge is 0.493 e. The number of rotatable bonds is 8. The Kier molecular flexibility index (Phi) is 7.17. The van der Waals surface area contributed by atoms with Crippen molar-refractivity contribution in [2.45, 2.75) is 13.8 Å². The van der Waals surface area contributed by atoms with Crippen LogP contribution in [0.3, 0.4) is 0 Å². The SMILES string of the molecule is CCOc1ccc(/C=C2\SC(=O)N(CCNC(=O)c3ccc(C)s3)C2=O)cc1OC. The summed E-state index contributed by atoms with van der Waals surface area (Å²) in [6.45, 7) is 4.63. The van der Waals surface area contributed by atoms with E-state index in [0.717, 1.165) is 27.1 Å². The third-order valence-electron chi connectivity index (χ3n) is 4.24. The number of amides is 3. The van der Waals surface area contributed by atoms with Crippen molar-refractivity contribution < 1.29 is 23.9 Å². The van der Waals surface area contributed by atoms with Gasteiger partial charge in [-0.2, -0.15) is 0 Å². The molecule has 2 heterocycles. The summed E-state index contributed by atoms with van der Waals surface area (Å²) in [4.78, 5) is 40.1. The van der Waals surface area contributed by atoms with Gasteiger partial charge in [-0.3, -0.25) is 19.3 Å². The Morgan fingerprint density at radius 3 is 2.67 bits per heavy atom. The summed E-state index contributed by atoms with van der Waals surface area (Å²) in [5, 5.41) is 2.39. The number of aryl methyl sites for hydroxylation is 1. The molecule has 0 bridgehead atoms. The van der Waals surface area contributed by atoms with E-state index in [9.17, 15) is 14.4 Å². The van der Waals surface area contributed by atoms with Gasteiger partial charge in [0.05, 0.1) is 23.5 Å². The summed E-state index contributed by atoms with van der Waals surface area (Å²) in [6, 6.07) is 8.94. The zero-order valence-electron chi connectivity index (χ0n) is 16.9. The van der Waals surface area contributed by atoms with E-state index in [4.69, 9.17) is 9.47 Å². The Morgan fingerprint density at radius 2 is 2.00 bits per heavy atom. The molecule has 2 aromatic rings. The van der Waals surface area contributed by atoms with Gasteiger partial charge in [0.15, 0.2) is 11.5 Å². The smallest absolute Gasteiger partial charge is 0.293 e. The van der Waals surface area contributed by atoms with E-state index in [1.165, 1.54) is 11.3 Å². The number of nitrogens with one attached hydrogen (secondary N) is 1. The van der Waals surface area contributed by atoms with E-state index in [1.54, 1.807) is 37.5 Å². The molecular weight excluding hydrogens is 424 g/mol. The van der Waals surface area contributed by atoms with Crippen molar-refractivity contribution in [2.24, 2.45) is 0 Å². The number of hydrogen-bond donors (Lipinski definition) is 1. The summed E-state index contributed by atoms with van der Waals surface area (Å²) < 4.78 is 10.8. The van der Waals surface area contributed by atoms with E-state index in [-0.39, 0.29) is 30.1 Å². The van der Waals surface area contributed by atoms with Crippen molar-refractivity contribution in [3.05, 3.63) is 50.6 Å². The molecular formula is C21H22N2O5S2. The van der Waals surface area contributed by atoms with Crippen LogP contribution in [0.4, 0.5) is 4.79 Å². The number of carbonyl (C=O) groups excluding carboxylic acids is 3. The van der Waals surface area contributed by atoms with E-state index < -0.39 is 0 Å². The molecule has 7 nitrogen and oxygen atoms in total. The van der Waals surface area contributed by atoms with Gasteiger partial charge in [0.25, 0.3) is 17.1 Å². The molecule has 3 amide bonds. The third-order valence-corrected chi connectivity index (χ3v) is 6.15. The summed E-state index contributed by atoms with van der Waals surface area (Å²) in [6.07, 6.45) is 1.65. The molecule has 1 aromatic heterocycles.